The van der Waals surface area contributed by atoms with Gasteiger partial charge in [0.25, 0.3) is 0 Å². The number of nitrogens with one attached hydrogen (secondary N) is 2. The highest BCUT2D eigenvalue weighted by molar-refractivity contribution is 6.39. The molecule has 0 aliphatic carbocycles. The van der Waals surface area contributed by atoms with Crippen LogP contribution in [0.15, 0.2) is 43.0 Å². The Bertz CT molecular complexity index is 1110. The number of amides is 3. The zero-order valence-corrected chi connectivity index (χ0v) is 16.9. The van der Waals surface area contributed by atoms with Gasteiger partial charge in [-0.1, -0.05) is 6.92 Å². The lowest BCUT2D eigenvalue weighted by Gasteiger charge is -2.37. The average molecular weight is 422 g/mol. The highest BCUT2D eigenvalue weighted by Gasteiger charge is 2.35. The fraction of sp³-hybridized carbons (Fsp3) is 0.300. The average Bonchev–Trinajstić information content (AvgIpc) is 3.45. The maximum atomic E-state index is 13.0. The van der Waals surface area contributed by atoms with E-state index in [-0.39, 0.29) is 23.2 Å². The molecular formula is C20H22N8O3. The molecule has 3 aromatic heterocycles. The Morgan fingerprint density at radius 2 is 2.06 bits per heavy atom. The molecule has 3 aromatic rings. The smallest absolute Gasteiger partial charge is 0.313 e. The minimum atomic E-state index is -0.811. The van der Waals surface area contributed by atoms with Crippen molar-refractivity contribution in [3.63, 3.8) is 0 Å². The van der Waals surface area contributed by atoms with E-state index in [2.05, 4.69) is 25.6 Å². The van der Waals surface area contributed by atoms with Crippen molar-refractivity contribution in [3.05, 3.63) is 54.2 Å². The van der Waals surface area contributed by atoms with E-state index in [1.807, 2.05) is 13.0 Å². The van der Waals surface area contributed by atoms with E-state index in [4.69, 9.17) is 5.73 Å². The fourth-order valence-corrected chi connectivity index (χ4v) is 3.67. The van der Waals surface area contributed by atoms with Crippen LogP contribution in [0.1, 0.15) is 41.9 Å². The third-order valence-electron chi connectivity index (χ3n) is 5.23. The molecule has 0 saturated carbocycles. The van der Waals surface area contributed by atoms with Crippen molar-refractivity contribution < 1.29 is 14.4 Å². The quantitative estimate of drug-likeness (QED) is 0.534. The minimum absolute atomic E-state index is 0.138. The van der Waals surface area contributed by atoms with E-state index in [1.165, 1.54) is 18.5 Å². The Balaban J connectivity index is 1.53. The van der Waals surface area contributed by atoms with Crippen molar-refractivity contribution in [3.8, 4) is 5.82 Å². The van der Waals surface area contributed by atoms with E-state index in [0.717, 1.165) is 6.42 Å². The Kier molecular flexibility index (Phi) is 5.48. The summed E-state index contributed by atoms with van der Waals surface area (Å²) in [6.45, 7) is 2.47. The zero-order chi connectivity index (χ0) is 22.0. The second-order valence-electron chi connectivity index (χ2n) is 7.55. The molecule has 1 fully saturated rings. The zero-order valence-electron chi connectivity index (χ0n) is 16.9. The van der Waals surface area contributed by atoms with Gasteiger partial charge in [-0.05, 0) is 30.9 Å². The van der Waals surface area contributed by atoms with Gasteiger partial charge in [0.05, 0.1) is 29.2 Å². The summed E-state index contributed by atoms with van der Waals surface area (Å²) in [6.07, 6.45) is 7.71. The Morgan fingerprint density at radius 1 is 1.23 bits per heavy atom. The molecule has 4 heterocycles. The molecule has 0 bridgehead atoms. The maximum absolute atomic E-state index is 13.0. The van der Waals surface area contributed by atoms with Crippen molar-refractivity contribution in [2.45, 2.75) is 25.8 Å². The van der Waals surface area contributed by atoms with Gasteiger partial charge in [-0.3, -0.25) is 24.5 Å². The number of hydrogen-bond donors (Lipinski definition) is 3. The molecule has 4 rings (SSSR count). The topological polar surface area (TPSA) is 152 Å². The number of hydrogen-bond acceptors (Lipinski definition) is 6. The first-order valence-corrected chi connectivity index (χ1v) is 9.85. The molecule has 1 saturated heterocycles. The van der Waals surface area contributed by atoms with Crippen molar-refractivity contribution in [2.75, 3.05) is 11.9 Å². The monoisotopic (exact) mass is 422 g/mol. The molecule has 160 valence electrons. The summed E-state index contributed by atoms with van der Waals surface area (Å²) in [5.41, 5.74) is 6.29. The molecule has 11 heteroatoms. The first kappa shape index (κ1) is 20.3. The fourth-order valence-electron chi connectivity index (χ4n) is 3.67. The maximum Gasteiger partial charge on any atom is 0.313 e. The number of H-pyrrole nitrogens is 1. The number of piperidine rings is 1. The second-order valence-corrected chi connectivity index (χ2v) is 7.55. The molecule has 2 atom stereocenters. The summed E-state index contributed by atoms with van der Waals surface area (Å²) < 4.78 is 1.62. The lowest BCUT2D eigenvalue weighted by molar-refractivity contribution is -0.146. The van der Waals surface area contributed by atoms with Gasteiger partial charge < -0.3 is 16.0 Å². The van der Waals surface area contributed by atoms with Crippen LogP contribution in [0.4, 0.5) is 5.69 Å². The largest absolute Gasteiger partial charge is 0.366 e. The number of nitrogens with two attached hydrogens (primary N) is 1. The molecule has 0 aromatic carbocycles. The number of aromatic nitrogens is 5. The third kappa shape index (κ3) is 4.29. The van der Waals surface area contributed by atoms with Gasteiger partial charge in [0.2, 0.25) is 5.91 Å². The molecule has 0 radical (unpaired) electrons. The number of carbonyl (C=O) groups excluding carboxylic acids is 3. The number of rotatable bonds is 4. The number of primary amides is 1. The molecule has 31 heavy (non-hydrogen) atoms. The first-order chi connectivity index (χ1) is 14.9. The normalized spacial score (nSPS) is 18.5. The van der Waals surface area contributed by atoms with E-state index < -0.39 is 17.7 Å². The van der Waals surface area contributed by atoms with Crippen LogP contribution in [-0.2, 0) is 9.59 Å². The molecule has 11 nitrogen and oxygen atoms in total. The van der Waals surface area contributed by atoms with Gasteiger partial charge in [-0.2, -0.15) is 10.2 Å². The van der Waals surface area contributed by atoms with Crippen LogP contribution >= 0.6 is 0 Å². The summed E-state index contributed by atoms with van der Waals surface area (Å²) in [5, 5.41) is 13.9. The number of aromatic amines is 1. The summed E-state index contributed by atoms with van der Waals surface area (Å²) in [7, 11) is 0. The van der Waals surface area contributed by atoms with E-state index in [0.29, 0.717) is 24.5 Å². The van der Waals surface area contributed by atoms with Crippen molar-refractivity contribution in [1.82, 2.24) is 29.9 Å². The molecular weight excluding hydrogens is 400 g/mol. The molecule has 2 unspecified atom stereocenters. The van der Waals surface area contributed by atoms with Crippen molar-refractivity contribution >= 4 is 23.4 Å². The van der Waals surface area contributed by atoms with Crippen LogP contribution in [0.2, 0.25) is 0 Å². The van der Waals surface area contributed by atoms with E-state index >= 15 is 0 Å². The van der Waals surface area contributed by atoms with E-state index in [9.17, 15) is 14.4 Å². The Labute approximate surface area is 177 Å². The standard InChI is InChI=1S/C20H22N8O3/c1-12-2-3-16(15-5-7-28(26-15)17-4-6-23-25-17)27(11-12)20(31)19(30)24-14-8-13(18(21)29)9-22-10-14/h4-10,12,16H,2-3,11H2,1H3,(H2,21,29)(H,23,25)(H,24,30). The van der Waals surface area contributed by atoms with E-state index in [1.54, 1.807) is 28.0 Å². The van der Waals surface area contributed by atoms with Gasteiger partial charge >= 0.3 is 11.8 Å². The van der Waals surface area contributed by atoms with Crippen LogP contribution < -0.4 is 11.1 Å². The van der Waals surface area contributed by atoms with Crippen LogP contribution in [-0.4, -0.2) is 54.1 Å². The first-order valence-electron chi connectivity index (χ1n) is 9.85. The van der Waals surface area contributed by atoms with Gasteiger partial charge in [0, 0.05) is 31.2 Å². The molecule has 4 N–H and O–H groups in total. The summed E-state index contributed by atoms with van der Waals surface area (Å²) in [4.78, 5) is 42.5. The number of carbonyl (C=O) groups is 3. The summed E-state index contributed by atoms with van der Waals surface area (Å²) >= 11 is 0. The highest BCUT2D eigenvalue weighted by Crippen LogP contribution is 2.33. The predicted molar refractivity (Wildman–Crippen MR) is 110 cm³/mol. The van der Waals surface area contributed by atoms with Crippen molar-refractivity contribution in [1.29, 1.82) is 0 Å². The molecule has 1 aliphatic rings. The lowest BCUT2D eigenvalue weighted by Crippen LogP contribution is -2.46. The molecule has 1 aliphatic heterocycles. The van der Waals surface area contributed by atoms with Gasteiger partial charge in [-0.15, -0.1) is 0 Å². The van der Waals surface area contributed by atoms with Gasteiger partial charge in [0.15, 0.2) is 5.82 Å². The summed E-state index contributed by atoms with van der Waals surface area (Å²) in [6, 6.07) is 4.66. The van der Waals surface area contributed by atoms with Gasteiger partial charge in [-0.25, -0.2) is 4.68 Å². The van der Waals surface area contributed by atoms with Crippen LogP contribution in [0.5, 0.6) is 0 Å². The van der Waals surface area contributed by atoms with Crippen molar-refractivity contribution in [2.24, 2.45) is 11.7 Å². The number of likely N-dealkylation sites (tertiary alicyclic amines) is 1. The number of pyridine rings is 1. The van der Waals surface area contributed by atoms with Crippen LogP contribution in [0.3, 0.4) is 0 Å². The highest BCUT2D eigenvalue weighted by atomic mass is 16.2. The SMILES string of the molecule is CC1CCC(c2ccn(-c3cc[nH]n3)n2)N(C(=O)C(=O)Nc2cncc(C(N)=O)c2)C1. The molecule has 0 spiro atoms. The Hall–Kier alpha value is -4.02. The lowest BCUT2D eigenvalue weighted by atomic mass is 9.92. The third-order valence-corrected chi connectivity index (χ3v) is 5.23. The summed E-state index contributed by atoms with van der Waals surface area (Å²) in [5.74, 6) is -1.27. The minimum Gasteiger partial charge on any atom is -0.366 e. The second kappa shape index (κ2) is 8.38. The van der Waals surface area contributed by atoms with Gasteiger partial charge in [0.1, 0.15) is 0 Å². The van der Waals surface area contributed by atoms with Crippen LogP contribution in [0.25, 0.3) is 5.82 Å². The number of anilines is 1. The van der Waals surface area contributed by atoms with Crippen LogP contribution in [0, 0.1) is 5.92 Å². The number of nitrogens with zero attached hydrogens (tertiary/aromatic N) is 5. The predicted octanol–water partition coefficient (Wildman–Crippen LogP) is 1.03. The Morgan fingerprint density at radius 3 is 2.81 bits per heavy atom. The molecule has 3 amide bonds.